The van der Waals surface area contributed by atoms with Gasteiger partial charge in [0.2, 0.25) is 0 Å². The van der Waals surface area contributed by atoms with E-state index in [-0.39, 0.29) is 5.82 Å². The Morgan fingerprint density at radius 2 is 1.36 bits per heavy atom. The van der Waals surface area contributed by atoms with Gasteiger partial charge >= 0.3 is 0 Å². The lowest BCUT2D eigenvalue weighted by atomic mass is 10.0. The summed E-state index contributed by atoms with van der Waals surface area (Å²) in [5, 5.41) is 3.62. The molecule has 0 aliphatic rings. The van der Waals surface area contributed by atoms with Gasteiger partial charge in [-0.2, -0.15) is 0 Å². The van der Waals surface area contributed by atoms with E-state index in [0.717, 1.165) is 44.4 Å². The number of fused-ring (bicyclic) bond motifs is 4. The maximum absolute atomic E-state index is 13.3. The number of aromatic nitrogens is 2. The second-order valence-corrected chi connectivity index (χ2v) is 9.90. The first-order valence-electron chi connectivity index (χ1n) is 11.8. The predicted molar refractivity (Wildman–Crippen MR) is 149 cm³/mol. The molecule has 7 aromatic rings. The molecule has 4 aromatic carbocycles. The Morgan fingerprint density at radius 1 is 0.583 bits per heavy atom. The second kappa shape index (κ2) is 8.36. The summed E-state index contributed by atoms with van der Waals surface area (Å²) in [6.07, 6.45) is 3.82. The number of rotatable bonds is 3. The van der Waals surface area contributed by atoms with Crippen molar-refractivity contribution in [3.8, 4) is 33.5 Å². The molecule has 0 amide bonds. The Labute approximate surface area is 211 Å². The number of hydrogen-bond acceptors (Lipinski definition) is 3. The molecule has 2 nitrogen and oxygen atoms in total. The van der Waals surface area contributed by atoms with Gasteiger partial charge in [0, 0.05) is 54.6 Å². The van der Waals surface area contributed by atoms with E-state index in [0.29, 0.717) is 0 Å². The third-order valence-electron chi connectivity index (χ3n) is 6.64. The minimum Gasteiger partial charge on any atom is -0.256 e. The van der Waals surface area contributed by atoms with Crippen LogP contribution in [-0.2, 0) is 0 Å². The van der Waals surface area contributed by atoms with E-state index >= 15 is 0 Å². The van der Waals surface area contributed by atoms with Crippen LogP contribution in [0, 0.1) is 5.82 Å². The van der Waals surface area contributed by atoms with Gasteiger partial charge in [-0.25, -0.2) is 4.39 Å². The molecule has 0 bridgehead atoms. The van der Waals surface area contributed by atoms with Crippen LogP contribution in [0.5, 0.6) is 0 Å². The van der Waals surface area contributed by atoms with Gasteiger partial charge in [-0.3, -0.25) is 9.97 Å². The van der Waals surface area contributed by atoms with Gasteiger partial charge in [0.25, 0.3) is 0 Å². The fourth-order valence-electron chi connectivity index (χ4n) is 4.77. The summed E-state index contributed by atoms with van der Waals surface area (Å²) in [7, 11) is 0. The van der Waals surface area contributed by atoms with Crippen molar-refractivity contribution in [3.05, 3.63) is 121 Å². The summed E-state index contributed by atoms with van der Waals surface area (Å²) in [6.45, 7) is 0. The van der Waals surface area contributed by atoms with Crippen LogP contribution in [0.2, 0.25) is 0 Å². The summed E-state index contributed by atoms with van der Waals surface area (Å²) in [6, 6.07) is 34.0. The molecule has 0 unspecified atom stereocenters. The Bertz CT molecular complexity index is 1890. The molecule has 36 heavy (non-hydrogen) atoms. The van der Waals surface area contributed by atoms with Gasteiger partial charge in [-0.15, -0.1) is 11.3 Å². The first-order chi connectivity index (χ1) is 17.7. The van der Waals surface area contributed by atoms with E-state index < -0.39 is 0 Å². The van der Waals surface area contributed by atoms with E-state index in [1.165, 1.54) is 32.3 Å². The van der Waals surface area contributed by atoms with Crippen molar-refractivity contribution < 1.29 is 4.39 Å². The van der Waals surface area contributed by atoms with Crippen LogP contribution in [-0.4, -0.2) is 9.97 Å². The van der Waals surface area contributed by atoms with Crippen LogP contribution in [0.4, 0.5) is 4.39 Å². The molecule has 0 aliphatic carbocycles. The van der Waals surface area contributed by atoms with Gasteiger partial charge in [0.1, 0.15) is 5.82 Å². The van der Waals surface area contributed by atoms with Crippen LogP contribution in [0.1, 0.15) is 0 Å². The number of benzene rings is 4. The van der Waals surface area contributed by atoms with Crippen LogP contribution in [0.15, 0.2) is 116 Å². The fraction of sp³-hybridized carbons (Fsp3) is 0. The Morgan fingerprint density at radius 3 is 2.22 bits per heavy atom. The molecule has 0 spiro atoms. The molecule has 0 N–H and O–H groups in total. The van der Waals surface area contributed by atoms with Crippen LogP contribution >= 0.6 is 11.3 Å². The first kappa shape index (κ1) is 20.9. The lowest BCUT2D eigenvalue weighted by Crippen LogP contribution is -1.88. The van der Waals surface area contributed by atoms with Gasteiger partial charge in [0.15, 0.2) is 0 Å². The molecular weight excluding hydrogens is 463 g/mol. The standard InChI is InChI=1S/C32H19FN2S/c33-25-13-10-20(11-14-25)21-8-9-22-16-24(19-35-30(22)17-21)23-12-15-29(34-18-23)28-6-3-5-27-26-4-1-2-7-31(26)36-32(27)28/h1-19H. The van der Waals surface area contributed by atoms with Gasteiger partial charge in [0.05, 0.1) is 11.2 Å². The molecule has 4 heteroatoms. The second-order valence-electron chi connectivity index (χ2n) is 8.85. The monoisotopic (exact) mass is 482 g/mol. The molecule has 7 rings (SSSR count). The molecule has 0 atom stereocenters. The maximum Gasteiger partial charge on any atom is 0.123 e. The number of pyridine rings is 2. The van der Waals surface area contributed by atoms with Gasteiger partial charge in [-0.1, -0.05) is 66.7 Å². The molecule has 0 aliphatic heterocycles. The Kier molecular flexibility index (Phi) is 4.86. The smallest absolute Gasteiger partial charge is 0.123 e. The molecular formula is C32H19FN2S. The zero-order valence-corrected chi connectivity index (χ0v) is 20.0. The van der Waals surface area contributed by atoms with E-state index in [9.17, 15) is 4.39 Å². The van der Waals surface area contributed by atoms with Gasteiger partial charge in [-0.05, 0) is 47.5 Å². The van der Waals surface area contributed by atoms with Crippen LogP contribution in [0.25, 0.3) is 64.6 Å². The van der Waals surface area contributed by atoms with E-state index in [2.05, 4.69) is 66.7 Å². The normalized spacial score (nSPS) is 11.5. The molecule has 170 valence electrons. The van der Waals surface area contributed by atoms with Crippen molar-refractivity contribution in [3.63, 3.8) is 0 Å². The van der Waals surface area contributed by atoms with Crippen molar-refractivity contribution in [2.75, 3.05) is 0 Å². The van der Waals surface area contributed by atoms with Crippen molar-refractivity contribution in [1.82, 2.24) is 9.97 Å². The third-order valence-corrected chi connectivity index (χ3v) is 7.86. The summed E-state index contributed by atoms with van der Waals surface area (Å²) >= 11 is 1.82. The molecule has 3 heterocycles. The molecule has 0 radical (unpaired) electrons. The van der Waals surface area contributed by atoms with Crippen LogP contribution in [0.3, 0.4) is 0 Å². The number of hydrogen-bond donors (Lipinski definition) is 0. The zero-order valence-electron chi connectivity index (χ0n) is 19.2. The molecule has 0 saturated carbocycles. The fourth-order valence-corrected chi connectivity index (χ4v) is 6.00. The highest BCUT2D eigenvalue weighted by Crippen LogP contribution is 2.39. The summed E-state index contributed by atoms with van der Waals surface area (Å²) in [5.74, 6) is -0.234. The quantitative estimate of drug-likeness (QED) is 0.251. The lowest BCUT2D eigenvalue weighted by Gasteiger charge is -2.08. The summed E-state index contributed by atoms with van der Waals surface area (Å²) < 4.78 is 15.8. The molecule has 0 fully saturated rings. The van der Waals surface area contributed by atoms with E-state index in [4.69, 9.17) is 9.97 Å². The average molecular weight is 483 g/mol. The third kappa shape index (κ3) is 3.55. The van der Waals surface area contributed by atoms with Crippen LogP contribution < -0.4 is 0 Å². The van der Waals surface area contributed by atoms with E-state index in [1.807, 2.05) is 35.9 Å². The highest BCUT2D eigenvalue weighted by atomic mass is 32.1. The first-order valence-corrected chi connectivity index (χ1v) is 12.6. The number of thiophene rings is 1. The summed E-state index contributed by atoms with van der Waals surface area (Å²) in [5.41, 5.74) is 7.07. The average Bonchev–Trinajstić information content (AvgIpc) is 3.32. The molecule has 0 saturated heterocycles. The predicted octanol–water partition coefficient (Wildman–Crippen LogP) is 9.14. The van der Waals surface area contributed by atoms with Crippen molar-refractivity contribution >= 4 is 42.4 Å². The molecule has 3 aromatic heterocycles. The largest absolute Gasteiger partial charge is 0.256 e. The Hall–Kier alpha value is -4.41. The minimum absolute atomic E-state index is 0.234. The zero-order chi connectivity index (χ0) is 24.1. The maximum atomic E-state index is 13.3. The SMILES string of the molecule is Fc1ccc(-c2ccc3cc(-c4ccc(-c5cccc6c5sc5ccccc56)nc4)cnc3c2)cc1. The number of halogens is 1. The van der Waals surface area contributed by atoms with Gasteiger partial charge < -0.3 is 0 Å². The highest BCUT2D eigenvalue weighted by Gasteiger charge is 2.11. The van der Waals surface area contributed by atoms with Crippen molar-refractivity contribution in [1.29, 1.82) is 0 Å². The van der Waals surface area contributed by atoms with Crippen molar-refractivity contribution in [2.24, 2.45) is 0 Å². The highest BCUT2D eigenvalue weighted by molar-refractivity contribution is 7.26. The van der Waals surface area contributed by atoms with Crippen molar-refractivity contribution in [2.45, 2.75) is 0 Å². The Balaban J connectivity index is 1.23. The lowest BCUT2D eigenvalue weighted by molar-refractivity contribution is 0.628. The summed E-state index contributed by atoms with van der Waals surface area (Å²) in [4.78, 5) is 9.54. The van der Waals surface area contributed by atoms with E-state index in [1.54, 1.807) is 12.1 Å². The minimum atomic E-state index is -0.234. The topological polar surface area (TPSA) is 25.8 Å². The number of nitrogens with zero attached hydrogens (tertiary/aromatic N) is 2.